The number of nitro benzene ring substituents is 1. The van der Waals surface area contributed by atoms with Gasteiger partial charge in [0.25, 0.3) is 5.69 Å². The lowest BCUT2D eigenvalue weighted by Crippen LogP contribution is -2.06. The molecular weight excluding hydrogens is 495 g/mol. The minimum Gasteiger partial charge on any atom is -0.490 e. The molecule has 178 valence electrons. The van der Waals surface area contributed by atoms with Gasteiger partial charge in [0.1, 0.15) is 6.61 Å². The summed E-state index contributed by atoms with van der Waals surface area (Å²) in [4.78, 5) is 27.0. The molecule has 0 fully saturated rings. The van der Waals surface area contributed by atoms with Gasteiger partial charge in [-0.3, -0.25) is 10.1 Å². The first-order valence-corrected chi connectivity index (χ1v) is 11.2. The molecule has 0 aliphatic carbocycles. The maximum Gasteiger partial charge on any atom is 0.363 e. The summed E-state index contributed by atoms with van der Waals surface area (Å²) in [6.07, 6.45) is 1.49. The highest BCUT2D eigenvalue weighted by molar-refractivity contribution is 6.35. The van der Waals surface area contributed by atoms with Crippen LogP contribution < -0.4 is 9.47 Å². The van der Waals surface area contributed by atoms with Crippen molar-refractivity contribution in [2.75, 3.05) is 6.61 Å². The van der Waals surface area contributed by atoms with E-state index in [2.05, 4.69) is 4.99 Å². The summed E-state index contributed by atoms with van der Waals surface area (Å²) in [5.74, 6) is 0.0418. The van der Waals surface area contributed by atoms with Crippen molar-refractivity contribution in [2.24, 2.45) is 4.99 Å². The van der Waals surface area contributed by atoms with Gasteiger partial charge in [-0.25, -0.2) is 9.79 Å². The van der Waals surface area contributed by atoms with Crippen LogP contribution in [-0.2, 0) is 16.1 Å². The zero-order chi connectivity index (χ0) is 24.9. The third-order valence-corrected chi connectivity index (χ3v) is 5.47. The van der Waals surface area contributed by atoms with Gasteiger partial charge in [-0.15, -0.1) is 0 Å². The van der Waals surface area contributed by atoms with E-state index in [1.54, 1.807) is 12.1 Å². The summed E-state index contributed by atoms with van der Waals surface area (Å²) in [5, 5.41) is 11.3. The average molecular weight is 513 g/mol. The van der Waals surface area contributed by atoms with Crippen molar-refractivity contribution in [1.29, 1.82) is 0 Å². The lowest BCUT2D eigenvalue weighted by atomic mass is 10.1. The van der Waals surface area contributed by atoms with E-state index in [9.17, 15) is 14.9 Å². The molecule has 8 nitrogen and oxygen atoms in total. The Morgan fingerprint density at radius 2 is 1.83 bits per heavy atom. The first-order valence-electron chi connectivity index (χ1n) is 10.5. The Labute approximate surface area is 210 Å². The quantitative estimate of drug-likeness (QED) is 0.153. The van der Waals surface area contributed by atoms with Gasteiger partial charge < -0.3 is 14.2 Å². The van der Waals surface area contributed by atoms with E-state index in [0.717, 1.165) is 11.6 Å². The Kier molecular flexibility index (Phi) is 7.33. The van der Waals surface area contributed by atoms with Gasteiger partial charge in [0.2, 0.25) is 5.90 Å². The largest absolute Gasteiger partial charge is 0.490 e. The molecule has 10 heteroatoms. The second-order valence-electron chi connectivity index (χ2n) is 7.29. The average Bonchev–Trinajstić information content (AvgIpc) is 3.19. The number of carbonyl (C=O) groups is 1. The first kappa shape index (κ1) is 24.3. The van der Waals surface area contributed by atoms with Crippen molar-refractivity contribution >= 4 is 46.8 Å². The number of hydrogen-bond donors (Lipinski definition) is 0. The summed E-state index contributed by atoms with van der Waals surface area (Å²) < 4.78 is 16.9. The second-order valence-corrected chi connectivity index (χ2v) is 8.11. The Hall–Kier alpha value is -3.88. The van der Waals surface area contributed by atoms with E-state index in [-0.39, 0.29) is 27.9 Å². The molecule has 0 N–H and O–H groups in total. The van der Waals surface area contributed by atoms with Crippen molar-refractivity contribution in [3.63, 3.8) is 0 Å². The number of ether oxygens (including phenoxy) is 3. The van der Waals surface area contributed by atoms with Gasteiger partial charge >= 0.3 is 5.97 Å². The smallest absolute Gasteiger partial charge is 0.363 e. The number of non-ortho nitro benzene ring substituents is 1. The van der Waals surface area contributed by atoms with Crippen LogP contribution in [0, 0.1) is 10.1 Å². The van der Waals surface area contributed by atoms with Crippen LogP contribution in [0.3, 0.4) is 0 Å². The number of nitrogens with zero attached hydrogens (tertiary/aromatic N) is 2. The van der Waals surface area contributed by atoms with Crippen molar-refractivity contribution in [3.05, 3.63) is 103 Å². The lowest BCUT2D eigenvalue weighted by molar-refractivity contribution is -0.384. The van der Waals surface area contributed by atoms with E-state index in [0.29, 0.717) is 35.3 Å². The van der Waals surface area contributed by atoms with E-state index in [1.807, 2.05) is 37.3 Å². The third-order valence-electron chi connectivity index (χ3n) is 4.88. The molecule has 0 saturated heterocycles. The SMILES string of the molecule is CCOc1cc(/C=C2\N=C(c3ccc([N+](=O)[O-])cc3Cl)OC2=O)cc(Cl)c1OCc1ccccc1. The number of benzene rings is 3. The highest BCUT2D eigenvalue weighted by Gasteiger charge is 2.27. The zero-order valence-corrected chi connectivity index (χ0v) is 19.9. The Morgan fingerprint density at radius 3 is 2.51 bits per heavy atom. The fourth-order valence-corrected chi connectivity index (χ4v) is 3.81. The number of carbonyl (C=O) groups excluding carboxylic acids is 1. The van der Waals surface area contributed by atoms with E-state index < -0.39 is 10.9 Å². The molecule has 0 radical (unpaired) electrons. The maximum atomic E-state index is 12.4. The van der Waals surface area contributed by atoms with Crippen LogP contribution >= 0.6 is 23.2 Å². The number of aliphatic imine (C=N–C) groups is 1. The molecule has 35 heavy (non-hydrogen) atoms. The predicted molar refractivity (Wildman–Crippen MR) is 132 cm³/mol. The van der Waals surface area contributed by atoms with Crippen LogP contribution in [-0.4, -0.2) is 23.4 Å². The van der Waals surface area contributed by atoms with Crippen LogP contribution in [0.25, 0.3) is 6.08 Å². The van der Waals surface area contributed by atoms with Gasteiger partial charge in [0.05, 0.1) is 27.1 Å². The molecule has 0 amide bonds. The second kappa shape index (κ2) is 10.6. The van der Waals surface area contributed by atoms with Crippen LogP contribution in [0.5, 0.6) is 11.5 Å². The summed E-state index contributed by atoms with van der Waals surface area (Å²) in [6, 6.07) is 16.7. The lowest BCUT2D eigenvalue weighted by Gasteiger charge is -2.14. The predicted octanol–water partition coefficient (Wildman–Crippen LogP) is 6.22. The molecule has 4 rings (SSSR count). The number of rotatable bonds is 8. The molecule has 0 atom stereocenters. The van der Waals surface area contributed by atoms with Crippen LogP contribution in [0.2, 0.25) is 10.0 Å². The summed E-state index contributed by atoms with van der Waals surface area (Å²) >= 11 is 12.6. The summed E-state index contributed by atoms with van der Waals surface area (Å²) in [5.41, 5.74) is 1.58. The van der Waals surface area contributed by atoms with Gasteiger partial charge in [0.15, 0.2) is 17.2 Å². The van der Waals surface area contributed by atoms with E-state index >= 15 is 0 Å². The minimum absolute atomic E-state index is 0.00545. The molecule has 3 aromatic carbocycles. The van der Waals surface area contributed by atoms with Crippen molar-refractivity contribution < 1.29 is 23.9 Å². The normalized spacial score (nSPS) is 14.0. The molecule has 0 unspecified atom stereocenters. The fourth-order valence-electron chi connectivity index (χ4n) is 3.28. The van der Waals surface area contributed by atoms with E-state index in [1.165, 1.54) is 18.2 Å². The molecule has 3 aromatic rings. The molecule has 0 saturated carbocycles. The maximum absolute atomic E-state index is 12.4. The molecule has 1 heterocycles. The number of halogens is 2. The van der Waals surface area contributed by atoms with Crippen LogP contribution in [0.4, 0.5) is 5.69 Å². The number of nitro groups is 1. The Balaban J connectivity index is 1.62. The highest BCUT2D eigenvalue weighted by Crippen LogP contribution is 2.38. The third kappa shape index (κ3) is 5.62. The molecule has 1 aliphatic heterocycles. The zero-order valence-electron chi connectivity index (χ0n) is 18.4. The van der Waals surface area contributed by atoms with Crippen molar-refractivity contribution in [2.45, 2.75) is 13.5 Å². The minimum atomic E-state index is -0.701. The number of hydrogen-bond acceptors (Lipinski definition) is 7. The highest BCUT2D eigenvalue weighted by atomic mass is 35.5. The topological polar surface area (TPSA) is 100 Å². The standard InChI is InChI=1S/C25H18Cl2N2O6/c1-2-33-22-12-16(10-20(27)23(22)34-14-15-6-4-3-5-7-15)11-21-25(30)35-24(28-21)18-9-8-17(29(31)32)13-19(18)26/h3-13H,2,14H2,1H3/b21-11-. The van der Waals surface area contributed by atoms with Crippen molar-refractivity contribution in [1.82, 2.24) is 0 Å². The fraction of sp³-hybridized carbons (Fsp3) is 0.120. The van der Waals surface area contributed by atoms with Gasteiger partial charge in [-0.1, -0.05) is 53.5 Å². The Bertz CT molecular complexity index is 1360. The van der Waals surface area contributed by atoms with Crippen molar-refractivity contribution in [3.8, 4) is 11.5 Å². The van der Waals surface area contributed by atoms with Gasteiger partial charge in [-0.2, -0.15) is 0 Å². The molecule has 0 aromatic heterocycles. The Morgan fingerprint density at radius 1 is 1.06 bits per heavy atom. The summed E-state index contributed by atoms with van der Waals surface area (Å²) in [7, 11) is 0. The molecule has 0 bridgehead atoms. The molecule has 0 spiro atoms. The first-order chi connectivity index (χ1) is 16.9. The van der Waals surface area contributed by atoms with Crippen LogP contribution in [0.15, 0.2) is 71.4 Å². The van der Waals surface area contributed by atoms with Crippen LogP contribution in [0.1, 0.15) is 23.6 Å². The molecular formula is C25H18Cl2N2O6. The van der Waals surface area contributed by atoms with Gasteiger partial charge in [0, 0.05) is 12.1 Å². The monoisotopic (exact) mass is 512 g/mol. The number of esters is 1. The van der Waals surface area contributed by atoms with E-state index in [4.69, 9.17) is 37.4 Å². The molecule has 1 aliphatic rings. The number of cyclic esters (lactones) is 1. The van der Waals surface area contributed by atoms with Gasteiger partial charge in [-0.05, 0) is 42.3 Å². The summed E-state index contributed by atoms with van der Waals surface area (Å²) in [6.45, 7) is 2.51.